The third kappa shape index (κ3) is 2.49. The van der Waals surface area contributed by atoms with E-state index < -0.39 is 0 Å². The van der Waals surface area contributed by atoms with Crippen LogP contribution in [0.2, 0.25) is 0 Å². The van der Waals surface area contributed by atoms with Gasteiger partial charge in [0.15, 0.2) is 0 Å². The van der Waals surface area contributed by atoms with Crippen LogP contribution in [-0.4, -0.2) is 29.9 Å². The number of halogens is 1. The standard InChI is InChI=1S/C18H30N2O.ClH/c1-17(2)11-20(4-3-15(17)19)16(21)18-8-12-5-13(9-18)7-14(6-12)10-18;/h12-15H,3-11,19H2,1-2H3;1H. The third-order valence-electron chi connectivity index (χ3n) is 7.09. The summed E-state index contributed by atoms with van der Waals surface area (Å²) in [7, 11) is 0. The van der Waals surface area contributed by atoms with Crippen molar-refractivity contribution in [3.63, 3.8) is 0 Å². The van der Waals surface area contributed by atoms with Crippen molar-refractivity contribution in [2.75, 3.05) is 13.1 Å². The summed E-state index contributed by atoms with van der Waals surface area (Å²) in [5.41, 5.74) is 6.33. The van der Waals surface area contributed by atoms with Crippen molar-refractivity contribution < 1.29 is 4.79 Å². The maximum atomic E-state index is 13.3. The zero-order chi connectivity index (χ0) is 14.8. The van der Waals surface area contributed by atoms with E-state index in [1.165, 1.54) is 38.5 Å². The van der Waals surface area contributed by atoms with Gasteiger partial charge < -0.3 is 10.6 Å². The Bertz CT molecular complexity index is 427. The highest BCUT2D eigenvalue weighted by molar-refractivity contribution is 5.85. The number of carbonyl (C=O) groups is 1. The van der Waals surface area contributed by atoms with Crippen LogP contribution in [-0.2, 0) is 4.79 Å². The fraction of sp³-hybridized carbons (Fsp3) is 0.944. The Balaban J connectivity index is 0.00000144. The van der Waals surface area contributed by atoms with Crippen LogP contribution in [0.15, 0.2) is 0 Å². The molecule has 4 bridgehead atoms. The summed E-state index contributed by atoms with van der Waals surface area (Å²) < 4.78 is 0. The third-order valence-corrected chi connectivity index (χ3v) is 7.09. The molecule has 5 rings (SSSR count). The van der Waals surface area contributed by atoms with Gasteiger partial charge in [0, 0.05) is 19.1 Å². The van der Waals surface area contributed by atoms with Crippen molar-refractivity contribution in [3.8, 4) is 0 Å². The smallest absolute Gasteiger partial charge is 0.228 e. The first-order chi connectivity index (χ1) is 9.88. The zero-order valence-corrected chi connectivity index (χ0v) is 14.8. The molecular weight excluding hydrogens is 296 g/mol. The Labute approximate surface area is 140 Å². The molecule has 1 atom stereocenters. The second kappa shape index (κ2) is 5.37. The molecule has 0 radical (unpaired) electrons. The minimum absolute atomic E-state index is 0. The first-order valence-corrected chi connectivity index (χ1v) is 8.93. The Kier molecular flexibility index (Phi) is 4.05. The van der Waals surface area contributed by atoms with Crippen molar-refractivity contribution in [2.45, 2.75) is 64.8 Å². The summed E-state index contributed by atoms with van der Waals surface area (Å²) in [6, 6.07) is 0.234. The van der Waals surface area contributed by atoms with E-state index in [-0.39, 0.29) is 29.3 Å². The molecule has 5 fully saturated rings. The first-order valence-electron chi connectivity index (χ1n) is 8.93. The van der Waals surface area contributed by atoms with Gasteiger partial charge in [-0.15, -0.1) is 12.4 Å². The Morgan fingerprint density at radius 2 is 1.55 bits per heavy atom. The molecule has 4 saturated carbocycles. The van der Waals surface area contributed by atoms with E-state index in [0.29, 0.717) is 5.91 Å². The van der Waals surface area contributed by atoms with Gasteiger partial charge in [-0.05, 0) is 68.1 Å². The molecule has 1 heterocycles. The van der Waals surface area contributed by atoms with Crippen LogP contribution in [0.5, 0.6) is 0 Å². The van der Waals surface area contributed by atoms with E-state index in [2.05, 4.69) is 18.7 Å². The molecule has 1 unspecified atom stereocenters. The predicted octanol–water partition coefficient (Wildman–Crippen LogP) is 3.21. The van der Waals surface area contributed by atoms with Gasteiger partial charge in [-0.1, -0.05) is 13.8 Å². The zero-order valence-electron chi connectivity index (χ0n) is 14.0. The molecule has 126 valence electrons. The monoisotopic (exact) mass is 326 g/mol. The van der Waals surface area contributed by atoms with Gasteiger partial charge in [-0.2, -0.15) is 0 Å². The van der Waals surface area contributed by atoms with Crippen LogP contribution >= 0.6 is 12.4 Å². The fourth-order valence-corrected chi connectivity index (χ4v) is 6.26. The van der Waals surface area contributed by atoms with Gasteiger partial charge in [0.1, 0.15) is 0 Å². The molecule has 4 heteroatoms. The second-order valence-corrected chi connectivity index (χ2v) is 9.31. The minimum atomic E-state index is 0. The molecule has 5 aliphatic rings. The topological polar surface area (TPSA) is 46.3 Å². The molecule has 1 amide bonds. The lowest BCUT2D eigenvalue weighted by Gasteiger charge is -2.57. The second-order valence-electron chi connectivity index (χ2n) is 9.31. The van der Waals surface area contributed by atoms with Crippen LogP contribution in [0.25, 0.3) is 0 Å². The quantitative estimate of drug-likeness (QED) is 0.804. The summed E-state index contributed by atoms with van der Waals surface area (Å²) in [4.78, 5) is 15.5. The molecule has 0 aromatic rings. The SMILES string of the molecule is CC1(C)CN(C(=O)C23CC4CC(CC(C4)C2)C3)CCC1N.Cl. The van der Waals surface area contributed by atoms with Crippen LogP contribution in [0.4, 0.5) is 0 Å². The van der Waals surface area contributed by atoms with Crippen molar-refractivity contribution in [1.82, 2.24) is 4.90 Å². The van der Waals surface area contributed by atoms with Gasteiger partial charge in [0.25, 0.3) is 0 Å². The van der Waals surface area contributed by atoms with E-state index in [0.717, 1.165) is 37.3 Å². The molecule has 2 N–H and O–H groups in total. The van der Waals surface area contributed by atoms with Crippen molar-refractivity contribution >= 4 is 18.3 Å². The maximum absolute atomic E-state index is 13.3. The summed E-state index contributed by atoms with van der Waals surface area (Å²) in [6.07, 6.45) is 8.72. The summed E-state index contributed by atoms with van der Waals surface area (Å²) in [5.74, 6) is 3.03. The lowest BCUT2D eigenvalue weighted by molar-refractivity contribution is -0.161. The van der Waals surface area contributed by atoms with Crippen molar-refractivity contribution in [3.05, 3.63) is 0 Å². The molecule has 4 aliphatic carbocycles. The lowest BCUT2D eigenvalue weighted by atomic mass is 9.49. The van der Waals surface area contributed by atoms with E-state index in [1.54, 1.807) is 0 Å². The molecule has 22 heavy (non-hydrogen) atoms. The number of piperidine rings is 1. The number of hydrogen-bond donors (Lipinski definition) is 1. The number of nitrogens with two attached hydrogens (primary N) is 1. The average molecular weight is 327 g/mol. The molecule has 0 aromatic carbocycles. The van der Waals surface area contributed by atoms with Gasteiger partial charge in [0.05, 0.1) is 5.41 Å². The largest absolute Gasteiger partial charge is 0.342 e. The Morgan fingerprint density at radius 1 is 1.05 bits per heavy atom. The number of rotatable bonds is 1. The Hall–Kier alpha value is -0.280. The lowest BCUT2D eigenvalue weighted by Crippen LogP contribution is -2.60. The highest BCUT2D eigenvalue weighted by atomic mass is 35.5. The number of nitrogens with zero attached hydrogens (tertiary/aromatic N) is 1. The van der Waals surface area contributed by atoms with Crippen LogP contribution in [0.1, 0.15) is 58.8 Å². The summed E-state index contributed by atoms with van der Waals surface area (Å²) in [6.45, 7) is 6.17. The highest BCUT2D eigenvalue weighted by Crippen LogP contribution is 2.60. The number of hydrogen-bond acceptors (Lipinski definition) is 2. The van der Waals surface area contributed by atoms with Crippen molar-refractivity contribution in [2.24, 2.45) is 34.3 Å². The number of likely N-dealkylation sites (tertiary alicyclic amines) is 1. The molecule has 1 saturated heterocycles. The average Bonchev–Trinajstić information content (AvgIpc) is 2.39. The molecular formula is C18H31ClN2O. The maximum Gasteiger partial charge on any atom is 0.228 e. The van der Waals surface area contributed by atoms with Gasteiger partial charge in [0.2, 0.25) is 5.91 Å². The van der Waals surface area contributed by atoms with E-state index in [1.807, 2.05) is 0 Å². The summed E-state index contributed by atoms with van der Waals surface area (Å²) >= 11 is 0. The van der Waals surface area contributed by atoms with E-state index in [4.69, 9.17) is 5.73 Å². The minimum Gasteiger partial charge on any atom is -0.342 e. The van der Waals surface area contributed by atoms with E-state index in [9.17, 15) is 4.79 Å². The molecule has 0 spiro atoms. The van der Waals surface area contributed by atoms with Gasteiger partial charge in [-0.25, -0.2) is 0 Å². The Morgan fingerprint density at radius 3 is 2.00 bits per heavy atom. The normalized spacial score (nSPS) is 45.5. The van der Waals surface area contributed by atoms with Crippen LogP contribution in [0, 0.1) is 28.6 Å². The van der Waals surface area contributed by atoms with Crippen molar-refractivity contribution in [1.29, 1.82) is 0 Å². The van der Waals surface area contributed by atoms with Crippen LogP contribution < -0.4 is 5.73 Å². The molecule has 3 nitrogen and oxygen atoms in total. The summed E-state index contributed by atoms with van der Waals surface area (Å²) in [5, 5.41) is 0. The first kappa shape index (κ1) is 16.6. The fourth-order valence-electron chi connectivity index (χ4n) is 6.26. The highest BCUT2D eigenvalue weighted by Gasteiger charge is 2.56. The predicted molar refractivity (Wildman–Crippen MR) is 90.8 cm³/mol. The van der Waals surface area contributed by atoms with E-state index >= 15 is 0 Å². The van der Waals surface area contributed by atoms with Gasteiger partial charge >= 0.3 is 0 Å². The molecule has 0 aromatic heterocycles. The number of amides is 1. The van der Waals surface area contributed by atoms with Crippen LogP contribution in [0.3, 0.4) is 0 Å². The molecule has 1 aliphatic heterocycles. The van der Waals surface area contributed by atoms with Gasteiger partial charge in [-0.3, -0.25) is 4.79 Å². The number of carbonyl (C=O) groups excluding carboxylic acids is 1.